The quantitative estimate of drug-likeness (QED) is 0.615. The van der Waals surface area contributed by atoms with Crippen LogP contribution in [0.1, 0.15) is 0 Å². The van der Waals surface area contributed by atoms with Crippen molar-refractivity contribution in [3.05, 3.63) is 0 Å². The van der Waals surface area contributed by atoms with Crippen LogP contribution in [0.3, 0.4) is 0 Å². The van der Waals surface area contributed by atoms with Gasteiger partial charge in [0, 0.05) is 0 Å². The minimum atomic E-state index is -4.86. The molecule has 6 heteroatoms. The van der Waals surface area contributed by atoms with Crippen molar-refractivity contribution in [2.75, 3.05) is 0 Å². The van der Waals surface area contributed by atoms with Crippen molar-refractivity contribution in [3.63, 3.8) is 0 Å². The van der Waals surface area contributed by atoms with Gasteiger partial charge >= 0.3 is 44.4 Å². The third kappa shape index (κ3) is 4.52. The van der Waals surface area contributed by atoms with Crippen molar-refractivity contribution in [2.24, 2.45) is 0 Å². The Morgan fingerprint density at radius 1 is 1.67 bits per heavy atom. The van der Waals surface area contributed by atoms with E-state index in [2.05, 4.69) is 19.2 Å². The SMILES string of the molecule is O=[Se](=O)(O)OBr. The molecule has 0 aliphatic heterocycles. The van der Waals surface area contributed by atoms with Gasteiger partial charge in [0.15, 0.2) is 0 Å². The van der Waals surface area contributed by atoms with Crippen molar-refractivity contribution in [3.8, 4) is 0 Å². The summed E-state index contributed by atoms with van der Waals surface area (Å²) in [6, 6.07) is 0. The maximum absolute atomic E-state index is 9.36. The third-order valence-corrected chi connectivity index (χ3v) is 2.15. The van der Waals surface area contributed by atoms with Crippen molar-refractivity contribution < 1.29 is 14.8 Å². The van der Waals surface area contributed by atoms with Crippen LogP contribution in [-0.2, 0) is 10.6 Å². The number of hydrogen-bond donors (Lipinski definition) is 1. The molecule has 0 rings (SSSR count). The predicted octanol–water partition coefficient (Wildman–Crippen LogP) is -0.398. The van der Waals surface area contributed by atoms with Crippen molar-refractivity contribution in [1.82, 2.24) is 0 Å². The molecule has 38 valence electrons. The number of halogens is 1. The Balaban J connectivity index is 3.85. The fourth-order valence-corrected chi connectivity index (χ4v) is 0. The molecule has 0 saturated carbocycles. The first-order chi connectivity index (χ1) is 2.56. The molecule has 0 saturated heterocycles. The standard InChI is InChI=1S/BrHO4Se/c1-5-6(2,3)4/h(H,2,3,4). The number of rotatable bonds is 1. The van der Waals surface area contributed by atoms with Gasteiger partial charge in [0.2, 0.25) is 0 Å². The van der Waals surface area contributed by atoms with E-state index in [4.69, 9.17) is 4.19 Å². The molecule has 0 bridgehead atoms. The van der Waals surface area contributed by atoms with Gasteiger partial charge in [0.05, 0.1) is 0 Å². The topological polar surface area (TPSA) is 63.6 Å². The Hall–Kier alpha value is 0.519. The van der Waals surface area contributed by atoms with Gasteiger partial charge in [-0.25, -0.2) is 0 Å². The zero-order chi connectivity index (χ0) is 5.21. The molecule has 0 amide bonds. The molecule has 0 aliphatic carbocycles. The van der Waals surface area contributed by atoms with E-state index >= 15 is 0 Å². The molecule has 1 N–H and O–H groups in total. The molecule has 0 aromatic heterocycles. The fourth-order valence-electron chi connectivity index (χ4n) is 0. The summed E-state index contributed by atoms with van der Waals surface area (Å²) in [7, 11) is 0. The Bertz CT molecular complexity index is 110. The summed E-state index contributed by atoms with van der Waals surface area (Å²) in [4.78, 5) is 0. The molecular weight excluding hydrogens is 223 g/mol. The molecule has 4 nitrogen and oxygen atoms in total. The van der Waals surface area contributed by atoms with E-state index in [0.717, 1.165) is 0 Å². The molecule has 0 heterocycles. The van der Waals surface area contributed by atoms with Crippen LogP contribution in [0.25, 0.3) is 0 Å². The van der Waals surface area contributed by atoms with Crippen LogP contribution in [0.5, 0.6) is 0 Å². The van der Waals surface area contributed by atoms with Crippen molar-refractivity contribution in [1.29, 1.82) is 0 Å². The Morgan fingerprint density at radius 3 is 1.83 bits per heavy atom. The van der Waals surface area contributed by atoms with Gasteiger partial charge in [-0.3, -0.25) is 0 Å². The van der Waals surface area contributed by atoms with Crippen molar-refractivity contribution in [2.45, 2.75) is 0 Å². The van der Waals surface area contributed by atoms with Crippen molar-refractivity contribution >= 4 is 29.6 Å². The average molecular weight is 224 g/mol. The molecule has 0 aliphatic rings. The summed E-state index contributed by atoms with van der Waals surface area (Å²) in [5.74, 6) is 0. The zero-order valence-corrected chi connectivity index (χ0v) is 5.76. The first-order valence-corrected chi connectivity index (χ1v) is 4.35. The fraction of sp³-hybridized carbons (Fsp3) is 0. The minimum absolute atomic E-state index is 2.06. The third-order valence-electron chi connectivity index (χ3n) is 0.0796. The van der Waals surface area contributed by atoms with E-state index in [1.807, 2.05) is 0 Å². The monoisotopic (exact) mass is 224 g/mol. The van der Waals surface area contributed by atoms with E-state index in [1.54, 1.807) is 0 Å². The predicted molar refractivity (Wildman–Crippen MR) is 19.4 cm³/mol. The van der Waals surface area contributed by atoms with E-state index in [1.165, 1.54) is 0 Å². The molecule has 0 radical (unpaired) electrons. The molecular formula is HBrO4Se. The molecule has 0 aromatic carbocycles. The van der Waals surface area contributed by atoms with Crippen LogP contribution in [0.2, 0.25) is 0 Å². The van der Waals surface area contributed by atoms with Crippen LogP contribution in [0, 0.1) is 0 Å². The molecule has 6 heavy (non-hydrogen) atoms. The van der Waals surface area contributed by atoms with E-state index in [9.17, 15) is 7.67 Å². The average Bonchev–Trinajstić information content (AvgIpc) is 1.35. The summed E-state index contributed by atoms with van der Waals surface area (Å²) in [6.07, 6.45) is 0. The van der Waals surface area contributed by atoms with Gasteiger partial charge in [0.1, 0.15) is 0 Å². The molecule has 0 fully saturated rings. The molecule has 0 spiro atoms. The van der Waals surface area contributed by atoms with Crippen LogP contribution in [0.4, 0.5) is 0 Å². The zero-order valence-electron chi connectivity index (χ0n) is 2.46. The Kier molecular flexibility index (Phi) is 2.17. The second-order valence-corrected chi connectivity index (χ2v) is 3.92. The van der Waals surface area contributed by atoms with Gasteiger partial charge in [0.25, 0.3) is 0 Å². The van der Waals surface area contributed by atoms with Gasteiger partial charge in [-0.2, -0.15) is 0 Å². The second kappa shape index (κ2) is 1.99. The first kappa shape index (κ1) is 6.52. The summed E-state index contributed by atoms with van der Waals surface area (Å²) >= 11 is -2.80. The van der Waals surface area contributed by atoms with Crippen LogP contribution in [-0.4, -0.2) is 17.6 Å². The first-order valence-electron chi connectivity index (χ1n) is 0.837. The normalized spacial score (nSPS) is 11.7. The molecule has 0 unspecified atom stereocenters. The maximum atomic E-state index is 9.36. The Labute approximate surface area is 44.8 Å². The summed E-state index contributed by atoms with van der Waals surface area (Å²) < 4.78 is 29.7. The number of hydrogen-bond acceptors (Lipinski definition) is 3. The Morgan fingerprint density at radius 2 is 1.83 bits per heavy atom. The van der Waals surface area contributed by atoms with Gasteiger partial charge < -0.3 is 0 Å². The van der Waals surface area contributed by atoms with Gasteiger partial charge in [-0.1, -0.05) is 0 Å². The van der Waals surface area contributed by atoms with Crippen LogP contribution < -0.4 is 0 Å². The van der Waals surface area contributed by atoms with E-state index in [0.29, 0.717) is 0 Å². The van der Waals surface area contributed by atoms with Gasteiger partial charge in [-0.15, -0.1) is 0 Å². The molecule has 0 atom stereocenters. The van der Waals surface area contributed by atoms with Crippen LogP contribution >= 0.6 is 16.3 Å². The van der Waals surface area contributed by atoms with Crippen LogP contribution in [0.15, 0.2) is 0 Å². The second-order valence-electron chi connectivity index (χ2n) is 0.491. The molecule has 0 aromatic rings. The summed E-state index contributed by atoms with van der Waals surface area (Å²) in [5, 5.41) is 0. The van der Waals surface area contributed by atoms with Gasteiger partial charge in [-0.05, 0) is 0 Å². The summed E-state index contributed by atoms with van der Waals surface area (Å²) in [6.45, 7) is 0. The van der Waals surface area contributed by atoms with E-state index < -0.39 is 13.4 Å². The summed E-state index contributed by atoms with van der Waals surface area (Å²) in [5.41, 5.74) is 0. The van der Waals surface area contributed by atoms with E-state index in [-0.39, 0.29) is 0 Å².